The topological polar surface area (TPSA) is 97.4 Å². The van der Waals surface area contributed by atoms with E-state index in [9.17, 15) is 14.4 Å². The summed E-state index contributed by atoms with van der Waals surface area (Å²) in [6, 6.07) is 9.13. The molecule has 3 amide bonds. The molecule has 1 aliphatic carbocycles. The highest BCUT2D eigenvalue weighted by Crippen LogP contribution is 2.33. The lowest BCUT2D eigenvalue weighted by molar-refractivity contribution is -0.141. The summed E-state index contributed by atoms with van der Waals surface area (Å²) < 4.78 is 15.7. The first-order valence-electron chi connectivity index (χ1n) is 10.9. The van der Waals surface area contributed by atoms with Gasteiger partial charge in [0, 0.05) is 17.5 Å². The Kier molecular flexibility index (Phi) is 7.33. The van der Waals surface area contributed by atoms with Crippen molar-refractivity contribution in [3.63, 3.8) is 0 Å². The van der Waals surface area contributed by atoms with Gasteiger partial charge in [-0.05, 0) is 48.9 Å². The van der Waals surface area contributed by atoms with Crippen molar-refractivity contribution < 1.29 is 28.6 Å². The molecule has 0 saturated heterocycles. The van der Waals surface area contributed by atoms with Crippen LogP contribution in [0.5, 0.6) is 11.5 Å². The van der Waals surface area contributed by atoms with E-state index in [2.05, 4.69) is 5.32 Å². The predicted octanol–water partition coefficient (Wildman–Crippen LogP) is 2.74. The van der Waals surface area contributed by atoms with Gasteiger partial charge in [-0.2, -0.15) is 0 Å². The fourth-order valence-corrected chi connectivity index (χ4v) is 4.26. The Morgan fingerprint density at radius 3 is 2.70 bits per heavy atom. The minimum Gasteiger partial charge on any atom is -0.465 e. The number of ether oxygens (including phenoxy) is 3. The molecule has 0 bridgehead atoms. The summed E-state index contributed by atoms with van der Waals surface area (Å²) in [6.07, 6.45) is 1.68. The second-order valence-electron chi connectivity index (χ2n) is 7.84. The predicted molar refractivity (Wildman–Crippen MR) is 121 cm³/mol. The highest BCUT2D eigenvalue weighted by atomic mass is 32.1. The molecule has 1 aromatic heterocycles. The van der Waals surface area contributed by atoms with E-state index in [1.54, 1.807) is 23.2 Å². The van der Waals surface area contributed by atoms with Gasteiger partial charge in [-0.3, -0.25) is 9.59 Å². The van der Waals surface area contributed by atoms with Crippen LogP contribution in [0.4, 0.5) is 4.79 Å². The zero-order chi connectivity index (χ0) is 23.2. The highest BCUT2D eigenvalue weighted by molar-refractivity contribution is 7.09. The number of carbonyl (C=O) groups is 3. The molecule has 0 radical (unpaired) electrons. The first-order chi connectivity index (χ1) is 16.0. The number of benzene rings is 1. The second-order valence-corrected chi connectivity index (χ2v) is 8.87. The number of nitrogens with zero attached hydrogens (tertiary/aromatic N) is 2. The van der Waals surface area contributed by atoms with E-state index >= 15 is 0 Å². The molecule has 1 saturated carbocycles. The lowest BCUT2D eigenvalue weighted by Crippen LogP contribution is -2.48. The molecular formula is C23H27N3O6S. The van der Waals surface area contributed by atoms with Crippen LogP contribution in [0.15, 0.2) is 35.7 Å². The number of amides is 3. The van der Waals surface area contributed by atoms with Crippen LogP contribution in [-0.2, 0) is 27.4 Å². The second kappa shape index (κ2) is 10.6. The van der Waals surface area contributed by atoms with E-state index in [1.165, 1.54) is 4.90 Å². The molecule has 1 aliphatic heterocycles. The fourth-order valence-electron chi connectivity index (χ4n) is 3.54. The minimum absolute atomic E-state index is 0.00489. The number of urea groups is 1. The number of rotatable bonds is 10. The zero-order valence-electron chi connectivity index (χ0n) is 18.5. The number of thiophene rings is 1. The van der Waals surface area contributed by atoms with Crippen LogP contribution >= 0.6 is 11.3 Å². The van der Waals surface area contributed by atoms with Gasteiger partial charge in [0.1, 0.15) is 13.1 Å². The number of carbonyl (C=O) groups excluding carboxylic acids is 3. The van der Waals surface area contributed by atoms with Crippen molar-refractivity contribution in [2.24, 2.45) is 0 Å². The van der Waals surface area contributed by atoms with E-state index < -0.39 is 12.0 Å². The van der Waals surface area contributed by atoms with Gasteiger partial charge in [-0.1, -0.05) is 12.1 Å². The van der Waals surface area contributed by atoms with Gasteiger partial charge < -0.3 is 29.3 Å². The molecule has 1 N–H and O–H groups in total. The molecule has 9 nitrogen and oxygen atoms in total. The van der Waals surface area contributed by atoms with Crippen LogP contribution in [0.2, 0.25) is 0 Å². The van der Waals surface area contributed by atoms with E-state index in [-0.39, 0.29) is 38.4 Å². The van der Waals surface area contributed by atoms with Crippen LogP contribution in [0, 0.1) is 0 Å². The van der Waals surface area contributed by atoms with Gasteiger partial charge in [-0.25, -0.2) is 4.79 Å². The summed E-state index contributed by atoms with van der Waals surface area (Å²) in [5.74, 6) is 0.677. The third kappa shape index (κ3) is 6.16. The number of fused-ring (bicyclic) bond motifs is 1. The van der Waals surface area contributed by atoms with Crippen molar-refractivity contribution in [3.05, 3.63) is 46.2 Å². The van der Waals surface area contributed by atoms with Gasteiger partial charge >= 0.3 is 12.0 Å². The average molecular weight is 474 g/mol. The molecule has 2 aliphatic rings. The number of nitrogens with one attached hydrogen (secondary N) is 1. The Morgan fingerprint density at radius 2 is 1.97 bits per heavy atom. The minimum atomic E-state index is -0.505. The molecule has 1 aromatic carbocycles. The van der Waals surface area contributed by atoms with Crippen LogP contribution in [0.25, 0.3) is 0 Å². The third-order valence-corrected chi connectivity index (χ3v) is 6.19. The monoisotopic (exact) mass is 473 g/mol. The molecular weight excluding hydrogens is 446 g/mol. The molecule has 10 heteroatoms. The number of hydrogen-bond acceptors (Lipinski definition) is 7. The van der Waals surface area contributed by atoms with Crippen molar-refractivity contribution >= 4 is 29.2 Å². The van der Waals surface area contributed by atoms with Gasteiger partial charge in [0.15, 0.2) is 11.5 Å². The average Bonchev–Trinajstić information content (AvgIpc) is 3.30. The first-order valence-corrected chi connectivity index (χ1v) is 11.8. The molecule has 2 aromatic rings. The van der Waals surface area contributed by atoms with Crippen molar-refractivity contribution in [1.82, 2.24) is 15.1 Å². The van der Waals surface area contributed by atoms with Crippen molar-refractivity contribution in [3.8, 4) is 11.5 Å². The Bertz CT molecular complexity index is 992. The first kappa shape index (κ1) is 22.9. The van der Waals surface area contributed by atoms with Gasteiger partial charge in [0.2, 0.25) is 12.7 Å². The van der Waals surface area contributed by atoms with Crippen LogP contribution in [-0.4, -0.2) is 60.2 Å². The Morgan fingerprint density at radius 1 is 1.15 bits per heavy atom. The maximum absolute atomic E-state index is 13.4. The molecule has 1 fully saturated rings. The fraction of sp³-hybridized carbons (Fsp3) is 0.435. The maximum Gasteiger partial charge on any atom is 0.325 e. The largest absolute Gasteiger partial charge is 0.465 e. The van der Waals surface area contributed by atoms with Crippen molar-refractivity contribution in [2.75, 3.05) is 26.5 Å². The van der Waals surface area contributed by atoms with Crippen LogP contribution in [0.3, 0.4) is 0 Å². The lowest BCUT2D eigenvalue weighted by Gasteiger charge is -2.27. The zero-order valence-corrected chi connectivity index (χ0v) is 19.3. The van der Waals surface area contributed by atoms with Crippen LogP contribution in [0.1, 0.15) is 30.2 Å². The molecule has 0 atom stereocenters. The van der Waals surface area contributed by atoms with Gasteiger partial charge in [-0.15, -0.1) is 11.3 Å². The van der Waals surface area contributed by atoms with Gasteiger partial charge in [0.25, 0.3) is 0 Å². The molecule has 0 unspecified atom stereocenters. The maximum atomic E-state index is 13.4. The van der Waals surface area contributed by atoms with Crippen LogP contribution < -0.4 is 14.8 Å². The molecule has 2 heterocycles. The quantitative estimate of drug-likeness (QED) is 0.533. The lowest BCUT2D eigenvalue weighted by atomic mass is 10.2. The number of hydrogen-bond donors (Lipinski definition) is 1. The third-order valence-electron chi connectivity index (χ3n) is 5.33. The summed E-state index contributed by atoms with van der Waals surface area (Å²) in [5.41, 5.74) is 0.911. The summed E-state index contributed by atoms with van der Waals surface area (Å²) >= 11 is 1.58. The molecule has 33 heavy (non-hydrogen) atoms. The Labute approximate surface area is 196 Å². The van der Waals surface area contributed by atoms with E-state index in [0.29, 0.717) is 24.6 Å². The van der Waals surface area contributed by atoms with E-state index in [0.717, 1.165) is 23.3 Å². The summed E-state index contributed by atoms with van der Waals surface area (Å²) in [6.45, 7) is 2.67. The summed E-state index contributed by atoms with van der Waals surface area (Å²) in [4.78, 5) is 42.0. The summed E-state index contributed by atoms with van der Waals surface area (Å²) in [5, 5.41) is 4.54. The van der Waals surface area contributed by atoms with E-state index in [4.69, 9.17) is 14.2 Å². The standard InChI is InChI=1S/C23H27N3O6S/c1-2-30-22(28)11-24-23(29)26(17-6-7-17)14-21(27)25(13-18-4-3-9-33-18)12-16-5-8-19-20(10-16)32-15-31-19/h3-5,8-10,17H,2,6-7,11-15H2,1H3,(H,24,29). The van der Waals surface area contributed by atoms with Gasteiger partial charge in [0.05, 0.1) is 13.2 Å². The molecule has 176 valence electrons. The Balaban J connectivity index is 1.44. The van der Waals surface area contributed by atoms with Crippen molar-refractivity contribution in [2.45, 2.75) is 38.9 Å². The van der Waals surface area contributed by atoms with E-state index in [1.807, 2.05) is 35.7 Å². The molecule has 0 spiro atoms. The normalized spacial score (nSPS) is 14.0. The Hall–Kier alpha value is -3.27. The smallest absolute Gasteiger partial charge is 0.325 e. The number of esters is 1. The van der Waals surface area contributed by atoms with Crippen molar-refractivity contribution in [1.29, 1.82) is 0 Å². The molecule has 4 rings (SSSR count). The summed E-state index contributed by atoms with van der Waals surface area (Å²) in [7, 11) is 0. The highest BCUT2D eigenvalue weighted by Gasteiger charge is 2.35. The SMILES string of the molecule is CCOC(=O)CNC(=O)N(CC(=O)N(Cc1ccc2c(c1)OCO2)Cc1cccs1)C1CC1.